The van der Waals surface area contributed by atoms with Gasteiger partial charge in [0.15, 0.2) is 0 Å². The highest BCUT2D eigenvalue weighted by molar-refractivity contribution is 6.06. The van der Waals surface area contributed by atoms with E-state index in [1.807, 2.05) is 31.2 Å². The van der Waals surface area contributed by atoms with Crippen molar-refractivity contribution in [2.24, 2.45) is 0 Å². The van der Waals surface area contributed by atoms with Crippen molar-refractivity contribution >= 4 is 16.9 Å². The molecule has 0 aliphatic carbocycles. The predicted octanol–water partition coefficient (Wildman–Crippen LogP) is 4.42. The molecule has 7 heteroatoms. The molecule has 32 heavy (non-hydrogen) atoms. The monoisotopic (exact) mass is 434 g/mol. The normalized spacial score (nSPS) is 11.0. The van der Waals surface area contributed by atoms with Crippen molar-refractivity contribution in [3.63, 3.8) is 0 Å². The number of rotatable bonds is 7. The highest BCUT2D eigenvalue weighted by Gasteiger charge is 2.21. The molecule has 1 N–H and O–H groups in total. The molecular weight excluding hydrogens is 411 g/mol. The van der Waals surface area contributed by atoms with Crippen molar-refractivity contribution in [2.45, 2.75) is 26.9 Å². The topological polar surface area (TPSA) is 73.5 Å². The molecule has 0 saturated carbocycles. The number of pyridine rings is 1. The van der Waals surface area contributed by atoms with Gasteiger partial charge in [0.05, 0.1) is 24.1 Å². The molecule has 0 atom stereocenters. The Bertz CT molecular complexity index is 1310. The molecule has 4 rings (SSSR count). The Morgan fingerprint density at radius 3 is 2.44 bits per heavy atom. The molecule has 2 aromatic carbocycles. The van der Waals surface area contributed by atoms with Crippen molar-refractivity contribution in [1.29, 1.82) is 0 Å². The largest absolute Gasteiger partial charge is 0.494 e. The lowest BCUT2D eigenvalue weighted by molar-refractivity contribution is 0.0950. The lowest BCUT2D eigenvalue weighted by Gasteiger charge is -2.08. The first-order valence-corrected chi connectivity index (χ1v) is 10.3. The van der Waals surface area contributed by atoms with E-state index >= 15 is 0 Å². The molecule has 2 aromatic heterocycles. The van der Waals surface area contributed by atoms with Crippen LogP contribution in [0.4, 0.5) is 4.39 Å². The van der Waals surface area contributed by atoms with Gasteiger partial charge in [0.25, 0.3) is 11.5 Å². The third-order valence-corrected chi connectivity index (χ3v) is 5.17. The summed E-state index contributed by atoms with van der Waals surface area (Å²) in [5, 5.41) is 3.09. The molecule has 0 aliphatic rings. The lowest BCUT2D eigenvalue weighted by atomic mass is 10.1. The average Bonchev–Trinajstić information content (AvgIpc) is 3.13. The quantitative estimate of drug-likeness (QED) is 0.467. The molecule has 2 heterocycles. The molecule has 6 nitrogen and oxygen atoms in total. The first kappa shape index (κ1) is 21.4. The van der Waals surface area contributed by atoms with Gasteiger partial charge in [0.2, 0.25) is 0 Å². The van der Waals surface area contributed by atoms with E-state index in [0.717, 1.165) is 16.9 Å². The number of furan rings is 1. The number of nitrogens with one attached hydrogen (secondary N) is 1. The summed E-state index contributed by atoms with van der Waals surface area (Å²) in [6.45, 7) is 4.72. The van der Waals surface area contributed by atoms with Gasteiger partial charge in [-0.25, -0.2) is 4.39 Å². The van der Waals surface area contributed by atoms with E-state index in [1.54, 1.807) is 31.3 Å². The Labute approximate surface area is 184 Å². The molecule has 0 radical (unpaired) electrons. The minimum atomic E-state index is -0.383. The van der Waals surface area contributed by atoms with Crippen molar-refractivity contribution < 1.29 is 18.3 Å². The van der Waals surface area contributed by atoms with Crippen molar-refractivity contribution in [2.75, 3.05) is 6.61 Å². The maximum absolute atomic E-state index is 13.2. The van der Waals surface area contributed by atoms with Crippen LogP contribution >= 0.6 is 0 Å². The second kappa shape index (κ2) is 9.09. The number of hydrogen-bond donors (Lipinski definition) is 1. The summed E-state index contributed by atoms with van der Waals surface area (Å²) in [5.74, 6) is 0.419. The van der Waals surface area contributed by atoms with Gasteiger partial charge in [-0.15, -0.1) is 0 Å². The zero-order valence-corrected chi connectivity index (χ0v) is 17.9. The number of aryl methyl sites for hydroxylation is 1. The molecule has 0 aliphatic heterocycles. The molecule has 0 fully saturated rings. The van der Waals surface area contributed by atoms with Crippen LogP contribution < -0.4 is 15.6 Å². The summed E-state index contributed by atoms with van der Waals surface area (Å²) < 4.78 is 25.8. The van der Waals surface area contributed by atoms with E-state index in [-0.39, 0.29) is 34.8 Å². The number of hydrogen-bond acceptors (Lipinski definition) is 4. The molecule has 164 valence electrons. The summed E-state index contributed by atoms with van der Waals surface area (Å²) in [4.78, 5) is 26.1. The predicted molar refractivity (Wildman–Crippen MR) is 119 cm³/mol. The van der Waals surface area contributed by atoms with Crippen LogP contribution in [0.25, 0.3) is 11.0 Å². The van der Waals surface area contributed by atoms with E-state index < -0.39 is 0 Å². The number of carbonyl (C=O) groups excluding carboxylic acids is 1. The maximum atomic E-state index is 13.2. The Balaban J connectivity index is 1.58. The molecule has 0 unspecified atom stereocenters. The molecule has 4 aromatic rings. The third-order valence-electron chi connectivity index (χ3n) is 5.17. The van der Waals surface area contributed by atoms with Crippen molar-refractivity contribution in [1.82, 2.24) is 9.88 Å². The van der Waals surface area contributed by atoms with Gasteiger partial charge >= 0.3 is 0 Å². The number of carbonyl (C=O) groups is 1. The molecule has 1 amide bonds. The van der Waals surface area contributed by atoms with Crippen LogP contribution in [0, 0.1) is 12.7 Å². The second-order valence-electron chi connectivity index (χ2n) is 7.41. The highest BCUT2D eigenvalue weighted by Crippen LogP contribution is 2.23. The fourth-order valence-electron chi connectivity index (χ4n) is 3.59. The van der Waals surface area contributed by atoms with Gasteiger partial charge in [0, 0.05) is 12.7 Å². The van der Waals surface area contributed by atoms with Gasteiger partial charge in [-0.05, 0) is 55.3 Å². The Kier molecular flexibility index (Phi) is 6.07. The van der Waals surface area contributed by atoms with E-state index in [9.17, 15) is 14.0 Å². The smallest absolute Gasteiger partial charge is 0.262 e. The number of amides is 1. The van der Waals surface area contributed by atoms with Crippen LogP contribution in [0.5, 0.6) is 5.75 Å². The zero-order valence-electron chi connectivity index (χ0n) is 17.9. The molecular formula is C25H23FN2O4. The van der Waals surface area contributed by atoms with E-state index in [1.165, 1.54) is 16.7 Å². The highest BCUT2D eigenvalue weighted by atomic mass is 19.1. The van der Waals surface area contributed by atoms with Crippen LogP contribution in [0.3, 0.4) is 0 Å². The van der Waals surface area contributed by atoms with Crippen LogP contribution in [0.15, 0.2) is 70.0 Å². The minimum Gasteiger partial charge on any atom is -0.494 e. The number of aromatic nitrogens is 1. The summed E-state index contributed by atoms with van der Waals surface area (Å²) >= 11 is 0. The number of fused-ring (bicyclic) bond motifs is 1. The summed E-state index contributed by atoms with van der Waals surface area (Å²) in [6, 6.07) is 15.0. The fraction of sp³-hybridized carbons (Fsp3) is 0.200. The van der Waals surface area contributed by atoms with Crippen LogP contribution in [-0.4, -0.2) is 17.1 Å². The van der Waals surface area contributed by atoms with Crippen molar-refractivity contribution in [3.8, 4) is 5.75 Å². The Hall–Kier alpha value is -3.87. The molecule has 0 bridgehead atoms. The standard InChI is InChI=1S/C25H23FN2O4/c1-3-31-20-10-6-17(7-11-20)14-27-24(29)22-16(2)32-21-12-13-28(25(30)23(21)22)15-18-4-8-19(26)9-5-18/h4-13H,3,14-15H2,1-2H3,(H,27,29). The van der Waals surface area contributed by atoms with E-state index in [2.05, 4.69) is 5.32 Å². The first-order chi connectivity index (χ1) is 15.5. The van der Waals surface area contributed by atoms with Gasteiger partial charge in [0.1, 0.15) is 22.9 Å². The summed E-state index contributed by atoms with van der Waals surface area (Å²) in [6.07, 6.45) is 1.61. The SMILES string of the molecule is CCOc1ccc(CNC(=O)c2c(C)oc3ccn(Cc4ccc(F)cc4)c(=O)c23)cc1. The molecule has 0 spiro atoms. The maximum Gasteiger partial charge on any atom is 0.262 e. The zero-order chi connectivity index (χ0) is 22.7. The number of ether oxygens (including phenoxy) is 1. The second-order valence-corrected chi connectivity index (χ2v) is 7.41. The van der Waals surface area contributed by atoms with Crippen LogP contribution in [0.1, 0.15) is 34.2 Å². The average molecular weight is 434 g/mol. The number of halogens is 1. The van der Waals surface area contributed by atoms with Crippen LogP contribution in [0.2, 0.25) is 0 Å². The summed E-state index contributed by atoms with van der Waals surface area (Å²) in [5.41, 5.74) is 1.92. The van der Waals surface area contributed by atoms with Gasteiger partial charge in [-0.2, -0.15) is 0 Å². The first-order valence-electron chi connectivity index (χ1n) is 10.3. The summed E-state index contributed by atoms with van der Waals surface area (Å²) in [7, 11) is 0. The number of nitrogens with zero attached hydrogens (tertiary/aromatic N) is 1. The Morgan fingerprint density at radius 2 is 1.75 bits per heavy atom. The van der Waals surface area contributed by atoms with Gasteiger partial charge < -0.3 is 19.0 Å². The third kappa shape index (κ3) is 4.42. The minimum absolute atomic E-state index is 0.226. The fourth-order valence-corrected chi connectivity index (χ4v) is 3.59. The van der Waals surface area contributed by atoms with Crippen molar-refractivity contribution in [3.05, 3.63) is 99.4 Å². The van der Waals surface area contributed by atoms with E-state index in [4.69, 9.17) is 9.15 Å². The lowest BCUT2D eigenvalue weighted by Crippen LogP contribution is -2.26. The number of benzene rings is 2. The van der Waals surface area contributed by atoms with Crippen LogP contribution in [-0.2, 0) is 13.1 Å². The molecule has 0 saturated heterocycles. The van der Waals surface area contributed by atoms with E-state index in [0.29, 0.717) is 24.5 Å². The van der Waals surface area contributed by atoms with Gasteiger partial charge in [-0.3, -0.25) is 9.59 Å². The van der Waals surface area contributed by atoms with Gasteiger partial charge in [-0.1, -0.05) is 24.3 Å². The Morgan fingerprint density at radius 1 is 1.06 bits per heavy atom.